The Bertz CT molecular complexity index is 1120. The minimum absolute atomic E-state index is 0.125. The van der Waals surface area contributed by atoms with Crippen molar-refractivity contribution in [2.45, 2.75) is 148 Å². The highest BCUT2D eigenvalue weighted by molar-refractivity contribution is 5.70. The number of hydrogen-bond donors (Lipinski definition) is 2. The highest BCUT2D eigenvalue weighted by Crippen LogP contribution is 2.42. The summed E-state index contributed by atoms with van der Waals surface area (Å²) in [4.78, 5) is 33.9. The quantitative estimate of drug-likeness (QED) is 0.0419. The Morgan fingerprint density at radius 1 is 0.952 bits per heavy atom. The predicted molar refractivity (Wildman–Crippen MR) is 173 cm³/mol. The second-order valence-corrected chi connectivity index (χ2v) is 12.3. The smallest absolute Gasteiger partial charge is 0.280 e. The van der Waals surface area contributed by atoms with Gasteiger partial charge < -0.3 is 15.2 Å². The van der Waals surface area contributed by atoms with Crippen molar-refractivity contribution < 1.29 is 9.78 Å². The lowest BCUT2D eigenvalue weighted by Crippen LogP contribution is -2.14. The zero-order valence-corrected chi connectivity index (χ0v) is 26.3. The molecule has 0 amide bonds. The fourth-order valence-corrected chi connectivity index (χ4v) is 6.23. The maximum atomic E-state index is 12.1. The summed E-state index contributed by atoms with van der Waals surface area (Å²) in [6, 6.07) is 0.143. The van der Waals surface area contributed by atoms with Gasteiger partial charge in [-0.25, -0.2) is 4.98 Å². The molecular weight excluding hydrogens is 526 g/mol. The maximum Gasteiger partial charge on any atom is 0.280 e. The fraction of sp³-hybridized carbons (Fsp3) is 0.735. The van der Waals surface area contributed by atoms with Crippen molar-refractivity contribution >= 4 is 17.1 Å². The van der Waals surface area contributed by atoms with Crippen LogP contribution in [0.15, 0.2) is 35.6 Å². The number of unbranched alkanes of at least 4 members (excludes halogenated alkanes) is 15. The van der Waals surface area contributed by atoms with Gasteiger partial charge in [-0.15, -0.1) is 0 Å². The van der Waals surface area contributed by atoms with Gasteiger partial charge >= 0.3 is 0 Å². The summed E-state index contributed by atoms with van der Waals surface area (Å²) < 4.78 is 1.98. The van der Waals surface area contributed by atoms with Crippen molar-refractivity contribution in [2.75, 3.05) is 12.3 Å². The van der Waals surface area contributed by atoms with Crippen LogP contribution in [0.5, 0.6) is 0 Å². The summed E-state index contributed by atoms with van der Waals surface area (Å²) in [6.07, 6.45) is 27.7. The SMILES string of the molecule is C=C(CCCCCCCCCCC[C@@H]1CC[C@H](n2cnc3c(=O)[nH]c(N)nc32)C1=C)OOCCCCCCCCCC. The molecule has 0 aliphatic heterocycles. The molecule has 1 fully saturated rings. The van der Waals surface area contributed by atoms with E-state index in [-0.39, 0.29) is 17.5 Å². The molecule has 236 valence electrons. The molecule has 3 rings (SSSR count). The van der Waals surface area contributed by atoms with E-state index in [1.54, 1.807) is 6.33 Å². The van der Waals surface area contributed by atoms with Gasteiger partial charge in [0.25, 0.3) is 5.56 Å². The normalized spacial score (nSPS) is 16.9. The second kappa shape index (κ2) is 19.6. The Morgan fingerprint density at radius 3 is 2.26 bits per heavy atom. The first-order chi connectivity index (χ1) is 20.5. The first kappa shape index (κ1) is 33.9. The summed E-state index contributed by atoms with van der Waals surface area (Å²) in [5.41, 5.74) is 7.61. The summed E-state index contributed by atoms with van der Waals surface area (Å²) in [7, 11) is 0. The number of fused-ring (bicyclic) bond motifs is 1. The van der Waals surface area contributed by atoms with Crippen LogP contribution in [-0.4, -0.2) is 26.1 Å². The third-order valence-electron chi connectivity index (χ3n) is 8.79. The van der Waals surface area contributed by atoms with E-state index in [0.717, 1.165) is 37.9 Å². The van der Waals surface area contributed by atoms with Crippen LogP contribution >= 0.6 is 0 Å². The second-order valence-electron chi connectivity index (χ2n) is 12.3. The van der Waals surface area contributed by atoms with Gasteiger partial charge in [-0.05, 0) is 38.0 Å². The first-order valence-corrected chi connectivity index (χ1v) is 16.9. The Kier molecular flexibility index (Phi) is 15.8. The number of nitrogens with two attached hydrogens (primary N) is 1. The van der Waals surface area contributed by atoms with Crippen molar-refractivity contribution in [2.24, 2.45) is 5.92 Å². The topological polar surface area (TPSA) is 108 Å². The summed E-state index contributed by atoms with van der Waals surface area (Å²) in [5, 5.41) is 0. The number of allylic oxidation sites excluding steroid dienone is 2. The highest BCUT2D eigenvalue weighted by atomic mass is 17.2. The van der Waals surface area contributed by atoms with Gasteiger partial charge in [-0.3, -0.25) is 9.78 Å². The van der Waals surface area contributed by atoms with Crippen LogP contribution in [0.3, 0.4) is 0 Å². The molecule has 1 saturated carbocycles. The van der Waals surface area contributed by atoms with Crippen molar-refractivity contribution in [1.29, 1.82) is 0 Å². The van der Waals surface area contributed by atoms with E-state index in [9.17, 15) is 4.79 Å². The molecule has 8 nitrogen and oxygen atoms in total. The molecule has 1 aliphatic carbocycles. The van der Waals surface area contributed by atoms with E-state index in [0.29, 0.717) is 23.7 Å². The van der Waals surface area contributed by atoms with Crippen molar-refractivity contribution in [3.8, 4) is 0 Å². The molecule has 1 aliphatic rings. The van der Waals surface area contributed by atoms with Gasteiger partial charge in [0.15, 0.2) is 11.2 Å². The van der Waals surface area contributed by atoms with Gasteiger partial charge in [0.05, 0.1) is 19.0 Å². The number of imidazole rings is 1. The molecule has 0 spiro atoms. The lowest BCUT2D eigenvalue weighted by Gasteiger charge is -2.17. The average Bonchev–Trinajstić information content (AvgIpc) is 3.55. The molecule has 2 aromatic heterocycles. The average molecular weight is 584 g/mol. The fourth-order valence-electron chi connectivity index (χ4n) is 6.23. The number of hydrogen-bond acceptors (Lipinski definition) is 6. The van der Waals surface area contributed by atoms with E-state index in [1.165, 1.54) is 108 Å². The molecule has 0 aromatic carbocycles. The van der Waals surface area contributed by atoms with Crippen LogP contribution in [0.25, 0.3) is 11.2 Å². The van der Waals surface area contributed by atoms with Crippen molar-refractivity contribution in [3.05, 3.63) is 41.2 Å². The molecule has 2 atom stereocenters. The first-order valence-electron chi connectivity index (χ1n) is 16.9. The Labute approximate surface area is 253 Å². The van der Waals surface area contributed by atoms with Crippen LogP contribution in [0, 0.1) is 5.92 Å². The monoisotopic (exact) mass is 583 g/mol. The third kappa shape index (κ3) is 11.6. The molecule has 0 radical (unpaired) electrons. The Hall–Kier alpha value is -2.61. The molecule has 0 unspecified atom stereocenters. The van der Waals surface area contributed by atoms with Crippen LogP contribution in [0.4, 0.5) is 5.95 Å². The van der Waals surface area contributed by atoms with Crippen LogP contribution < -0.4 is 11.3 Å². The minimum Gasteiger partial charge on any atom is -0.369 e. The molecule has 42 heavy (non-hydrogen) atoms. The van der Waals surface area contributed by atoms with E-state index < -0.39 is 0 Å². The van der Waals surface area contributed by atoms with Crippen LogP contribution in [0.1, 0.15) is 148 Å². The molecule has 3 N–H and O–H groups in total. The van der Waals surface area contributed by atoms with Gasteiger partial charge in [-0.1, -0.05) is 122 Å². The number of nitrogen functional groups attached to an aromatic ring is 1. The lowest BCUT2D eigenvalue weighted by atomic mass is 9.95. The van der Waals surface area contributed by atoms with E-state index in [1.807, 2.05) is 4.57 Å². The van der Waals surface area contributed by atoms with Gasteiger partial charge in [0, 0.05) is 6.42 Å². The predicted octanol–water partition coefficient (Wildman–Crippen LogP) is 9.10. The molecule has 0 saturated heterocycles. The molecule has 8 heteroatoms. The van der Waals surface area contributed by atoms with E-state index in [4.69, 9.17) is 15.5 Å². The summed E-state index contributed by atoms with van der Waals surface area (Å²) in [6.45, 7) is 11.4. The number of aromatic amines is 1. The number of nitrogens with one attached hydrogen (secondary N) is 1. The third-order valence-corrected chi connectivity index (χ3v) is 8.79. The molecule has 2 aromatic rings. The van der Waals surface area contributed by atoms with E-state index in [2.05, 4.69) is 35.0 Å². The maximum absolute atomic E-state index is 12.1. The zero-order valence-electron chi connectivity index (χ0n) is 26.3. The number of anilines is 1. The minimum atomic E-state index is -0.290. The largest absolute Gasteiger partial charge is 0.369 e. The number of H-pyrrole nitrogens is 1. The van der Waals surface area contributed by atoms with Gasteiger partial charge in [0.2, 0.25) is 5.95 Å². The highest BCUT2D eigenvalue weighted by Gasteiger charge is 2.31. The Morgan fingerprint density at radius 2 is 1.57 bits per heavy atom. The number of rotatable bonds is 24. The Balaban J connectivity index is 1.12. The van der Waals surface area contributed by atoms with E-state index >= 15 is 0 Å². The lowest BCUT2D eigenvalue weighted by molar-refractivity contribution is -0.264. The van der Waals surface area contributed by atoms with Gasteiger partial charge in [0.1, 0.15) is 5.76 Å². The summed E-state index contributed by atoms with van der Waals surface area (Å²) in [5.74, 6) is 1.42. The molecule has 0 bridgehead atoms. The van der Waals surface area contributed by atoms with Gasteiger partial charge in [-0.2, -0.15) is 9.87 Å². The standard InChI is InChI=1S/C34H57N5O3/c1-4-5-6-7-8-14-17-20-25-41-42-27(2)21-18-15-12-10-9-11-13-16-19-22-29-23-24-30(28(29)3)39-26-36-31-32(39)37-34(35)38-33(31)40/h26,29-30H,2-25H2,1H3,(H3,35,37,38,40)/t29-,30+/m1/s1. The van der Waals surface area contributed by atoms with Crippen LogP contribution in [0.2, 0.25) is 0 Å². The zero-order chi connectivity index (χ0) is 30.0. The van der Waals surface area contributed by atoms with Crippen molar-refractivity contribution in [3.63, 3.8) is 0 Å². The number of nitrogens with zero attached hydrogens (tertiary/aromatic N) is 3. The number of aromatic nitrogens is 4. The summed E-state index contributed by atoms with van der Waals surface area (Å²) >= 11 is 0. The molecular formula is C34H57N5O3. The van der Waals surface area contributed by atoms with Crippen LogP contribution in [-0.2, 0) is 9.78 Å². The molecule has 2 heterocycles. The van der Waals surface area contributed by atoms with Crippen molar-refractivity contribution in [1.82, 2.24) is 19.5 Å².